The highest BCUT2D eigenvalue weighted by molar-refractivity contribution is 5.96. The zero-order valence-electron chi connectivity index (χ0n) is 12.1. The van der Waals surface area contributed by atoms with Crippen molar-refractivity contribution in [3.05, 3.63) is 28.8 Å². The number of ether oxygens (including phenoxy) is 1. The first-order valence-electron chi connectivity index (χ1n) is 6.79. The van der Waals surface area contributed by atoms with E-state index in [0.29, 0.717) is 24.4 Å². The number of nitrogen functional groups attached to an aromatic ring is 1. The van der Waals surface area contributed by atoms with E-state index in [2.05, 4.69) is 12.2 Å². The van der Waals surface area contributed by atoms with Crippen LogP contribution in [0, 0.1) is 13.8 Å². The molecule has 4 nitrogen and oxygen atoms in total. The van der Waals surface area contributed by atoms with Gasteiger partial charge < -0.3 is 15.8 Å². The lowest BCUT2D eigenvalue weighted by molar-refractivity contribution is 0.0941. The Kier molecular flexibility index (Phi) is 6.36. The molecule has 0 aliphatic heterocycles. The van der Waals surface area contributed by atoms with E-state index in [-0.39, 0.29) is 5.91 Å². The molecule has 0 aromatic heterocycles. The van der Waals surface area contributed by atoms with Gasteiger partial charge in [-0.25, -0.2) is 0 Å². The summed E-state index contributed by atoms with van der Waals surface area (Å²) in [5.74, 6) is -0.0697. The molecule has 0 aliphatic carbocycles. The smallest absolute Gasteiger partial charge is 0.251 e. The summed E-state index contributed by atoms with van der Waals surface area (Å²) in [5, 5.41) is 2.89. The zero-order valence-corrected chi connectivity index (χ0v) is 12.1. The maximum Gasteiger partial charge on any atom is 0.251 e. The average Bonchev–Trinajstić information content (AvgIpc) is 2.37. The molecule has 0 fully saturated rings. The van der Waals surface area contributed by atoms with E-state index in [1.54, 1.807) is 6.07 Å². The molecule has 3 N–H and O–H groups in total. The van der Waals surface area contributed by atoms with Crippen LogP contribution in [0.25, 0.3) is 0 Å². The van der Waals surface area contributed by atoms with E-state index in [9.17, 15) is 4.79 Å². The molecule has 0 heterocycles. The molecular formula is C15H24N2O2. The number of carbonyl (C=O) groups excluding carboxylic acids is 1. The van der Waals surface area contributed by atoms with Crippen LogP contribution >= 0.6 is 0 Å². The van der Waals surface area contributed by atoms with Crippen molar-refractivity contribution in [2.24, 2.45) is 0 Å². The fraction of sp³-hybridized carbons (Fsp3) is 0.533. The lowest BCUT2D eigenvalue weighted by Crippen LogP contribution is -2.26. The Morgan fingerprint density at radius 3 is 2.68 bits per heavy atom. The van der Waals surface area contributed by atoms with Gasteiger partial charge in [-0.15, -0.1) is 0 Å². The SMILES string of the molecule is CCCOCCCNC(=O)c1cc(N)c(C)cc1C. The van der Waals surface area contributed by atoms with Gasteiger partial charge >= 0.3 is 0 Å². The Hall–Kier alpha value is -1.55. The van der Waals surface area contributed by atoms with Gasteiger partial charge in [0.2, 0.25) is 0 Å². The lowest BCUT2D eigenvalue weighted by atomic mass is 10.0. The fourth-order valence-electron chi connectivity index (χ4n) is 1.83. The minimum atomic E-state index is -0.0697. The summed E-state index contributed by atoms with van der Waals surface area (Å²) in [6, 6.07) is 3.68. The van der Waals surface area contributed by atoms with E-state index in [0.717, 1.165) is 30.6 Å². The molecule has 1 amide bonds. The highest BCUT2D eigenvalue weighted by Crippen LogP contribution is 2.17. The molecule has 4 heteroatoms. The maximum absolute atomic E-state index is 12.0. The Labute approximate surface area is 115 Å². The van der Waals surface area contributed by atoms with Crippen LogP contribution in [0.1, 0.15) is 41.3 Å². The van der Waals surface area contributed by atoms with E-state index in [4.69, 9.17) is 10.5 Å². The fourth-order valence-corrected chi connectivity index (χ4v) is 1.83. The Balaban J connectivity index is 2.43. The molecule has 0 radical (unpaired) electrons. The van der Waals surface area contributed by atoms with Gasteiger partial charge in [-0.3, -0.25) is 4.79 Å². The second-order valence-corrected chi connectivity index (χ2v) is 4.75. The molecule has 1 aromatic rings. The van der Waals surface area contributed by atoms with Gasteiger partial charge in [0, 0.05) is 31.0 Å². The molecule has 0 spiro atoms. The van der Waals surface area contributed by atoms with E-state index < -0.39 is 0 Å². The average molecular weight is 264 g/mol. The number of hydrogen-bond acceptors (Lipinski definition) is 3. The van der Waals surface area contributed by atoms with Crippen LogP contribution in [0.15, 0.2) is 12.1 Å². The second kappa shape index (κ2) is 7.79. The lowest BCUT2D eigenvalue weighted by Gasteiger charge is -2.10. The number of rotatable bonds is 7. The Morgan fingerprint density at radius 1 is 1.26 bits per heavy atom. The van der Waals surface area contributed by atoms with Crippen molar-refractivity contribution in [1.82, 2.24) is 5.32 Å². The van der Waals surface area contributed by atoms with Crippen molar-refractivity contribution in [1.29, 1.82) is 0 Å². The Bertz CT molecular complexity index is 430. The molecule has 1 rings (SSSR count). The number of carbonyl (C=O) groups is 1. The molecule has 106 valence electrons. The number of anilines is 1. The van der Waals surface area contributed by atoms with Crippen molar-refractivity contribution in [2.45, 2.75) is 33.6 Å². The Morgan fingerprint density at radius 2 is 2.00 bits per heavy atom. The van der Waals surface area contributed by atoms with Crippen molar-refractivity contribution in [3.8, 4) is 0 Å². The predicted molar refractivity (Wildman–Crippen MR) is 78.4 cm³/mol. The molecule has 0 unspecified atom stereocenters. The number of nitrogens with one attached hydrogen (secondary N) is 1. The highest BCUT2D eigenvalue weighted by Gasteiger charge is 2.10. The van der Waals surface area contributed by atoms with Crippen LogP contribution in [0.4, 0.5) is 5.69 Å². The summed E-state index contributed by atoms with van der Waals surface area (Å²) >= 11 is 0. The van der Waals surface area contributed by atoms with Gasteiger partial charge in [0.1, 0.15) is 0 Å². The van der Waals surface area contributed by atoms with Gasteiger partial charge in [-0.05, 0) is 43.9 Å². The monoisotopic (exact) mass is 264 g/mol. The number of hydrogen-bond donors (Lipinski definition) is 2. The van der Waals surface area contributed by atoms with E-state index in [1.165, 1.54) is 0 Å². The predicted octanol–water partition coefficient (Wildman–Crippen LogP) is 2.43. The van der Waals surface area contributed by atoms with Crippen molar-refractivity contribution in [3.63, 3.8) is 0 Å². The van der Waals surface area contributed by atoms with Crippen LogP contribution in [0.2, 0.25) is 0 Å². The van der Waals surface area contributed by atoms with Crippen LogP contribution in [-0.2, 0) is 4.74 Å². The van der Waals surface area contributed by atoms with Crippen molar-refractivity contribution < 1.29 is 9.53 Å². The summed E-state index contributed by atoms with van der Waals surface area (Å²) in [6.45, 7) is 8.02. The summed E-state index contributed by atoms with van der Waals surface area (Å²) < 4.78 is 5.36. The zero-order chi connectivity index (χ0) is 14.3. The molecule has 0 atom stereocenters. The summed E-state index contributed by atoms with van der Waals surface area (Å²) in [4.78, 5) is 12.0. The molecule has 0 aliphatic rings. The third-order valence-electron chi connectivity index (χ3n) is 2.96. The standard InChI is InChI=1S/C15H24N2O2/c1-4-7-19-8-5-6-17-15(18)13-10-14(16)12(3)9-11(13)2/h9-10H,4-8,16H2,1-3H3,(H,17,18). The largest absolute Gasteiger partial charge is 0.398 e. The molecule has 0 saturated carbocycles. The van der Waals surface area contributed by atoms with Gasteiger partial charge in [0.05, 0.1) is 0 Å². The van der Waals surface area contributed by atoms with Gasteiger partial charge in [0.25, 0.3) is 5.91 Å². The van der Waals surface area contributed by atoms with Crippen LogP contribution < -0.4 is 11.1 Å². The van der Waals surface area contributed by atoms with E-state index >= 15 is 0 Å². The van der Waals surface area contributed by atoms with E-state index in [1.807, 2.05) is 19.9 Å². The summed E-state index contributed by atoms with van der Waals surface area (Å²) in [6.07, 6.45) is 1.85. The number of nitrogens with two attached hydrogens (primary N) is 1. The molecule has 19 heavy (non-hydrogen) atoms. The first-order chi connectivity index (χ1) is 9.06. The van der Waals surface area contributed by atoms with Crippen LogP contribution in [0.5, 0.6) is 0 Å². The minimum Gasteiger partial charge on any atom is -0.398 e. The molecule has 0 bridgehead atoms. The third kappa shape index (κ3) is 4.91. The quantitative estimate of drug-likeness (QED) is 0.587. The minimum absolute atomic E-state index is 0.0697. The second-order valence-electron chi connectivity index (χ2n) is 4.75. The number of amides is 1. The first kappa shape index (κ1) is 15.5. The number of aryl methyl sites for hydroxylation is 2. The molecule has 1 aromatic carbocycles. The first-order valence-corrected chi connectivity index (χ1v) is 6.79. The maximum atomic E-state index is 12.0. The normalized spacial score (nSPS) is 10.5. The van der Waals surface area contributed by atoms with Gasteiger partial charge in [0.15, 0.2) is 0 Å². The van der Waals surface area contributed by atoms with Gasteiger partial charge in [-0.2, -0.15) is 0 Å². The van der Waals surface area contributed by atoms with Crippen molar-refractivity contribution in [2.75, 3.05) is 25.5 Å². The summed E-state index contributed by atoms with van der Waals surface area (Å²) in [7, 11) is 0. The third-order valence-corrected chi connectivity index (χ3v) is 2.96. The van der Waals surface area contributed by atoms with Crippen LogP contribution in [0.3, 0.4) is 0 Å². The highest BCUT2D eigenvalue weighted by atomic mass is 16.5. The van der Waals surface area contributed by atoms with Gasteiger partial charge in [-0.1, -0.05) is 13.0 Å². The number of benzene rings is 1. The topological polar surface area (TPSA) is 64.3 Å². The molecule has 0 saturated heterocycles. The molecular weight excluding hydrogens is 240 g/mol. The van der Waals surface area contributed by atoms with Crippen LogP contribution in [-0.4, -0.2) is 25.7 Å². The van der Waals surface area contributed by atoms with Crippen molar-refractivity contribution >= 4 is 11.6 Å². The summed E-state index contributed by atoms with van der Waals surface area (Å²) in [5.41, 5.74) is 9.09.